The standard InChI is InChI=1S/C11H16N2O2.ClH/c1-9(8-13-11(14)7-12)15-10-5-3-2-4-6-10;/h2-6,9H,7-8,12H2,1H3,(H,13,14);1H. The van der Waals surface area contributed by atoms with E-state index in [9.17, 15) is 4.79 Å². The normalized spacial score (nSPS) is 11.1. The van der Waals surface area contributed by atoms with Crippen molar-refractivity contribution in [2.24, 2.45) is 5.73 Å². The van der Waals surface area contributed by atoms with E-state index in [0.29, 0.717) is 6.54 Å². The van der Waals surface area contributed by atoms with E-state index in [-0.39, 0.29) is 31.0 Å². The molecule has 16 heavy (non-hydrogen) atoms. The van der Waals surface area contributed by atoms with Crippen LogP contribution in [0.5, 0.6) is 5.75 Å². The Bertz CT molecular complexity index is 306. The number of ether oxygens (including phenoxy) is 1. The van der Waals surface area contributed by atoms with Crippen LogP contribution in [-0.4, -0.2) is 25.1 Å². The van der Waals surface area contributed by atoms with Crippen LogP contribution in [0.4, 0.5) is 0 Å². The molecule has 0 aliphatic heterocycles. The number of benzene rings is 1. The topological polar surface area (TPSA) is 64.4 Å². The predicted molar refractivity (Wildman–Crippen MR) is 65.8 cm³/mol. The zero-order valence-corrected chi connectivity index (χ0v) is 10.00. The smallest absolute Gasteiger partial charge is 0.233 e. The minimum Gasteiger partial charge on any atom is -0.489 e. The van der Waals surface area contributed by atoms with Gasteiger partial charge in [-0.2, -0.15) is 0 Å². The maximum Gasteiger partial charge on any atom is 0.233 e. The third kappa shape index (κ3) is 5.58. The lowest BCUT2D eigenvalue weighted by molar-refractivity contribution is -0.120. The number of hydrogen-bond acceptors (Lipinski definition) is 3. The van der Waals surface area contributed by atoms with Gasteiger partial charge in [0.2, 0.25) is 5.91 Å². The molecule has 1 aromatic carbocycles. The Morgan fingerprint density at radius 1 is 1.44 bits per heavy atom. The Hall–Kier alpha value is -1.26. The molecule has 0 saturated carbocycles. The van der Waals surface area contributed by atoms with E-state index in [2.05, 4.69) is 5.32 Å². The van der Waals surface area contributed by atoms with Gasteiger partial charge in [0.1, 0.15) is 11.9 Å². The summed E-state index contributed by atoms with van der Waals surface area (Å²) in [6, 6.07) is 9.48. The van der Waals surface area contributed by atoms with Crippen molar-refractivity contribution >= 4 is 18.3 Å². The molecule has 0 saturated heterocycles. The summed E-state index contributed by atoms with van der Waals surface area (Å²) in [7, 11) is 0. The van der Waals surface area contributed by atoms with E-state index in [1.807, 2.05) is 37.3 Å². The minimum absolute atomic E-state index is 0. The molecule has 0 aliphatic rings. The van der Waals surface area contributed by atoms with Gasteiger partial charge in [-0.15, -0.1) is 12.4 Å². The molecule has 0 fully saturated rings. The van der Waals surface area contributed by atoms with Crippen LogP contribution < -0.4 is 15.8 Å². The Morgan fingerprint density at radius 3 is 2.62 bits per heavy atom. The molecule has 3 N–H and O–H groups in total. The highest BCUT2D eigenvalue weighted by atomic mass is 35.5. The molecule has 1 unspecified atom stereocenters. The van der Waals surface area contributed by atoms with Crippen molar-refractivity contribution < 1.29 is 9.53 Å². The number of rotatable bonds is 5. The second-order valence-electron chi connectivity index (χ2n) is 3.25. The van der Waals surface area contributed by atoms with Gasteiger partial charge in [-0.05, 0) is 19.1 Å². The van der Waals surface area contributed by atoms with Crippen LogP contribution in [0.1, 0.15) is 6.92 Å². The minimum atomic E-state index is -0.168. The third-order valence-corrected chi connectivity index (χ3v) is 1.85. The van der Waals surface area contributed by atoms with Gasteiger partial charge < -0.3 is 15.8 Å². The van der Waals surface area contributed by atoms with Crippen molar-refractivity contribution in [1.82, 2.24) is 5.32 Å². The van der Waals surface area contributed by atoms with Crippen LogP contribution in [0.3, 0.4) is 0 Å². The van der Waals surface area contributed by atoms with E-state index in [1.54, 1.807) is 0 Å². The zero-order chi connectivity index (χ0) is 11.1. The highest BCUT2D eigenvalue weighted by Crippen LogP contribution is 2.10. The van der Waals surface area contributed by atoms with Crippen molar-refractivity contribution in [3.63, 3.8) is 0 Å². The van der Waals surface area contributed by atoms with Gasteiger partial charge in [-0.25, -0.2) is 0 Å². The monoisotopic (exact) mass is 244 g/mol. The van der Waals surface area contributed by atoms with Crippen molar-refractivity contribution in [1.29, 1.82) is 0 Å². The van der Waals surface area contributed by atoms with E-state index in [0.717, 1.165) is 5.75 Å². The Labute approximate surface area is 102 Å². The van der Waals surface area contributed by atoms with E-state index in [1.165, 1.54) is 0 Å². The number of carbonyl (C=O) groups excluding carboxylic acids is 1. The Balaban J connectivity index is 0.00000225. The van der Waals surface area contributed by atoms with Crippen molar-refractivity contribution in [2.75, 3.05) is 13.1 Å². The average Bonchev–Trinajstić information content (AvgIpc) is 2.27. The highest BCUT2D eigenvalue weighted by Gasteiger charge is 2.05. The number of carbonyl (C=O) groups is 1. The van der Waals surface area contributed by atoms with Crippen molar-refractivity contribution in [2.45, 2.75) is 13.0 Å². The number of halogens is 1. The number of amides is 1. The van der Waals surface area contributed by atoms with Gasteiger partial charge in [0.05, 0.1) is 13.1 Å². The van der Waals surface area contributed by atoms with Crippen molar-refractivity contribution in [3.05, 3.63) is 30.3 Å². The summed E-state index contributed by atoms with van der Waals surface area (Å²) < 4.78 is 5.55. The first-order chi connectivity index (χ1) is 7.22. The second-order valence-corrected chi connectivity index (χ2v) is 3.25. The molecule has 1 rings (SSSR count). The van der Waals surface area contributed by atoms with Gasteiger partial charge in [-0.3, -0.25) is 4.79 Å². The number of nitrogens with two attached hydrogens (primary N) is 1. The largest absolute Gasteiger partial charge is 0.489 e. The van der Waals surface area contributed by atoms with Gasteiger partial charge in [-0.1, -0.05) is 18.2 Å². The molecule has 1 atom stereocenters. The summed E-state index contributed by atoms with van der Waals surface area (Å²) in [5.41, 5.74) is 5.16. The Morgan fingerprint density at radius 2 is 2.06 bits per heavy atom. The molecule has 1 aromatic rings. The molecular weight excluding hydrogens is 228 g/mol. The van der Waals surface area contributed by atoms with Gasteiger partial charge in [0.25, 0.3) is 0 Å². The summed E-state index contributed by atoms with van der Waals surface area (Å²) in [5, 5.41) is 2.66. The highest BCUT2D eigenvalue weighted by molar-refractivity contribution is 5.85. The van der Waals surface area contributed by atoms with Crippen LogP contribution in [-0.2, 0) is 4.79 Å². The first-order valence-electron chi connectivity index (χ1n) is 4.91. The van der Waals surface area contributed by atoms with Gasteiger partial charge in [0, 0.05) is 0 Å². The molecule has 0 heterocycles. The maximum atomic E-state index is 10.9. The SMILES string of the molecule is CC(CNC(=O)CN)Oc1ccccc1.Cl. The van der Waals surface area contributed by atoms with Crippen LogP contribution in [0.15, 0.2) is 30.3 Å². The predicted octanol–water partition coefficient (Wildman–Crippen LogP) is 0.951. The second kappa shape index (κ2) is 7.96. The molecule has 0 spiro atoms. The number of nitrogens with one attached hydrogen (secondary N) is 1. The molecular formula is C11H17ClN2O2. The molecule has 1 amide bonds. The molecule has 90 valence electrons. The van der Waals surface area contributed by atoms with Gasteiger partial charge in [0.15, 0.2) is 0 Å². The van der Waals surface area contributed by atoms with Crippen molar-refractivity contribution in [3.8, 4) is 5.75 Å². The summed E-state index contributed by atoms with van der Waals surface area (Å²) >= 11 is 0. The molecule has 0 radical (unpaired) electrons. The lowest BCUT2D eigenvalue weighted by Gasteiger charge is -2.14. The average molecular weight is 245 g/mol. The van der Waals surface area contributed by atoms with Gasteiger partial charge >= 0.3 is 0 Å². The van der Waals surface area contributed by atoms with E-state index >= 15 is 0 Å². The fourth-order valence-electron chi connectivity index (χ4n) is 1.10. The third-order valence-electron chi connectivity index (χ3n) is 1.85. The van der Waals surface area contributed by atoms with Crippen LogP contribution >= 0.6 is 12.4 Å². The molecule has 4 nitrogen and oxygen atoms in total. The molecule has 0 aliphatic carbocycles. The van der Waals surface area contributed by atoms with Crippen LogP contribution in [0.25, 0.3) is 0 Å². The lowest BCUT2D eigenvalue weighted by Crippen LogP contribution is -2.37. The fraction of sp³-hybridized carbons (Fsp3) is 0.364. The van der Waals surface area contributed by atoms with Crippen LogP contribution in [0.2, 0.25) is 0 Å². The number of para-hydroxylation sites is 1. The maximum absolute atomic E-state index is 10.9. The summed E-state index contributed by atoms with van der Waals surface area (Å²) in [4.78, 5) is 10.9. The molecule has 5 heteroatoms. The number of hydrogen-bond donors (Lipinski definition) is 2. The summed E-state index contributed by atoms with van der Waals surface area (Å²) in [5.74, 6) is 0.630. The first kappa shape index (κ1) is 14.7. The molecule has 0 aromatic heterocycles. The fourth-order valence-corrected chi connectivity index (χ4v) is 1.10. The lowest BCUT2D eigenvalue weighted by atomic mass is 10.3. The van der Waals surface area contributed by atoms with E-state index < -0.39 is 0 Å². The summed E-state index contributed by atoms with van der Waals surface area (Å²) in [6.07, 6.45) is -0.0668. The van der Waals surface area contributed by atoms with Crippen LogP contribution in [0, 0.1) is 0 Å². The zero-order valence-electron chi connectivity index (χ0n) is 9.18. The first-order valence-corrected chi connectivity index (χ1v) is 4.91. The summed E-state index contributed by atoms with van der Waals surface area (Å²) in [6.45, 7) is 2.37. The molecule has 0 bridgehead atoms. The Kier molecular flexibility index (Phi) is 7.33. The van der Waals surface area contributed by atoms with E-state index in [4.69, 9.17) is 10.5 Å². The quantitative estimate of drug-likeness (QED) is 0.811.